The Bertz CT molecular complexity index is 1520. The van der Waals surface area contributed by atoms with Crippen LogP contribution in [0.4, 0.5) is 10.6 Å². The predicted molar refractivity (Wildman–Crippen MR) is 141 cm³/mol. The van der Waals surface area contributed by atoms with Crippen molar-refractivity contribution >= 4 is 22.8 Å². The van der Waals surface area contributed by atoms with E-state index in [4.69, 9.17) is 9.47 Å². The number of ether oxygens (including phenoxy) is 2. The molecule has 0 spiro atoms. The average molecular weight is 497 g/mol. The van der Waals surface area contributed by atoms with E-state index in [-0.39, 0.29) is 11.4 Å². The minimum atomic E-state index is -0.299. The summed E-state index contributed by atoms with van der Waals surface area (Å²) < 4.78 is 13.3. The van der Waals surface area contributed by atoms with E-state index in [1.807, 2.05) is 54.6 Å². The van der Waals surface area contributed by atoms with Crippen LogP contribution >= 0.6 is 0 Å². The molecular weight excluding hydrogens is 468 g/mol. The van der Waals surface area contributed by atoms with Gasteiger partial charge in [0.25, 0.3) is 0 Å². The number of nitrogens with one attached hydrogen (secondary N) is 2. The number of benzene rings is 2. The molecule has 3 heterocycles. The summed E-state index contributed by atoms with van der Waals surface area (Å²) in [6.07, 6.45) is 3.17. The summed E-state index contributed by atoms with van der Waals surface area (Å²) in [4.78, 5) is 21.4. The highest BCUT2D eigenvalue weighted by Gasteiger charge is 2.18. The van der Waals surface area contributed by atoms with E-state index in [1.54, 1.807) is 18.3 Å². The van der Waals surface area contributed by atoms with Gasteiger partial charge >= 0.3 is 6.03 Å². The molecule has 0 aliphatic carbocycles. The maximum atomic E-state index is 12.9. The van der Waals surface area contributed by atoms with Gasteiger partial charge in [-0.15, -0.1) is 0 Å². The molecule has 0 saturated carbocycles. The van der Waals surface area contributed by atoms with Crippen molar-refractivity contribution in [3.8, 4) is 11.6 Å². The van der Waals surface area contributed by atoms with Crippen LogP contribution in [-0.2, 0) is 23.4 Å². The second-order valence-corrected chi connectivity index (χ2v) is 9.68. The van der Waals surface area contributed by atoms with Crippen LogP contribution in [0.3, 0.4) is 0 Å². The highest BCUT2D eigenvalue weighted by Crippen LogP contribution is 2.26. The Hall–Kier alpha value is -4.50. The van der Waals surface area contributed by atoms with E-state index < -0.39 is 0 Å². The number of anilines is 1. The van der Waals surface area contributed by atoms with Crippen LogP contribution in [-0.4, -0.2) is 30.8 Å². The number of fused-ring (bicyclic) bond motifs is 1. The highest BCUT2D eigenvalue weighted by molar-refractivity contribution is 5.98. The van der Waals surface area contributed by atoms with Gasteiger partial charge in [0.1, 0.15) is 12.1 Å². The van der Waals surface area contributed by atoms with Gasteiger partial charge in [0, 0.05) is 34.8 Å². The number of rotatable bonds is 7. The fourth-order valence-corrected chi connectivity index (χ4v) is 3.78. The number of amides is 1. The van der Waals surface area contributed by atoms with Crippen LogP contribution in [0.2, 0.25) is 0 Å². The lowest BCUT2D eigenvalue weighted by atomic mass is 9.92. The Labute approximate surface area is 214 Å². The van der Waals surface area contributed by atoms with Crippen molar-refractivity contribution in [2.75, 3.05) is 5.32 Å². The molecule has 5 aromatic rings. The van der Waals surface area contributed by atoms with Crippen molar-refractivity contribution in [2.24, 2.45) is 0 Å². The maximum Gasteiger partial charge on any atom is 0.331 e. The monoisotopic (exact) mass is 496 g/mol. The molecule has 0 aliphatic rings. The molecule has 2 N–H and O–H groups in total. The van der Waals surface area contributed by atoms with Gasteiger partial charge in [-0.25, -0.2) is 14.8 Å². The van der Waals surface area contributed by atoms with Gasteiger partial charge in [0.05, 0.1) is 24.4 Å². The van der Waals surface area contributed by atoms with Crippen LogP contribution in [0.15, 0.2) is 79.3 Å². The first kappa shape index (κ1) is 24.2. The smallest absolute Gasteiger partial charge is 0.331 e. The van der Waals surface area contributed by atoms with E-state index >= 15 is 0 Å². The number of nitrogens with zero attached hydrogens (tertiary/aromatic N) is 4. The summed E-state index contributed by atoms with van der Waals surface area (Å²) in [6, 6.07) is 20.6. The summed E-state index contributed by atoms with van der Waals surface area (Å²) in [7, 11) is 0. The molecule has 9 nitrogen and oxygen atoms in total. The maximum absolute atomic E-state index is 12.9. The first-order chi connectivity index (χ1) is 17.8. The first-order valence-corrected chi connectivity index (χ1v) is 11.9. The summed E-state index contributed by atoms with van der Waals surface area (Å²) in [6.45, 7) is 7.08. The molecular formula is C28H28N6O3. The Morgan fingerprint density at radius 1 is 1.00 bits per heavy atom. The minimum Gasteiger partial charge on any atom is -0.439 e. The standard InChI is InChI=1S/C28H28N6O3/c1-28(2,3)24-15-25(33-32-24)31-27(35)34-12-11-20-13-22(9-10-23(20)34)37-26-14-21(29-18-30-26)17-36-16-19-7-5-4-6-8-19/h4-15,18H,16-17H2,1-3H3,(H2,31,32,33,35). The number of H-pyrrole nitrogens is 1. The molecule has 0 saturated heterocycles. The van der Waals surface area contributed by atoms with Gasteiger partial charge in [0.15, 0.2) is 5.82 Å². The molecule has 5 rings (SSSR count). The van der Waals surface area contributed by atoms with Gasteiger partial charge in [-0.2, -0.15) is 5.10 Å². The lowest BCUT2D eigenvalue weighted by molar-refractivity contribution is 0.104. The number of hydrogen-bond acceptors (Lipinski definition) is 6. The topological polar surface area (TPSA) is 107 Å². The van der Waals surface area contributed by atoms with E-state index in [2.05, 4.69) is 46.3 Å². The molecule has 37 heavy (non-hydrogen) atoms. The van der Waals surface area contributed by atoms with Gasteiger partial charge < -0.3 is 9.47 Å². The Morgan fingerprint density at radius 3 is 2.62 bits per heavy atom. The van der Waals surface area contributed by atoms with Crippen molar-refractivity contribution in [1.29, 1.82) is 0 Å². The molecule has 9 heteroatoms. The van der Waals surface area contributed by atoms with Crippen molar-refractivity contribution in [2.45, 2.75) is 39.4 Å². The molecule has 188 valence electrons. The van der Waals surface area contributed by atoms with Crippen molar-refractivity contribution in [3.05, 3.63) is 96.2 Å². The molecule has 0 unspecified atom stereocenters. The molecule has 0 bridgehead atoms. The minimum absolute atomic E-state index is 0.0911. The third kappa shape index (κ3) is 5.84. The average Bonchev–Trinajstić information content (AvgIpc) is 3.52. The van der Waals surface area contributed by atoms with Crippen LogP contribution in [0.25, 0.3) is 10.9 Å². The van der Waals surface area contributed by atoms with Crippen LogP contribution in [0.1, 0.15) is 37.7 Å². The van der Waals surface area contributed by atoms with Gasteiger partial charge in [-0.3, -0.25) is 15.0 Å². The Balaban J connectivity index is 1.23. The molecule has 1 amide bonds. The summed E-state index contributed by atoms with van der Waals surface area (Å²) >= 11 is 0. The predicted octanol–water partition coefficient (Wildman–Crippen LogP) is 6.04. The first-order valence-electron chi connectivity index (χ1n) is 11.9. The number of carbonyl (C=O) groups is 1. The zero-order chi connectivity index (χ0) is 25.8. The van der Waals surface area contributed by atoms with E-state index in [1.165, 1.54) is 10.9 Å². The fraction of sp³-hybridized carbons (Fsp3) is 0.214. The van der Waals surface area contributed by atoms with Crippen molar-refractivity contribution in [3.63, 3.8) is 0 Å². The lowest BCUT2D eigenvalue weighted by Gasteiger charge is -2.14. The van der Waals surface area contributed by atoms with E-state index in [0.29, 0.717) is 30.7 Å². The number of aromatic amines is 1. The van der Waals surface area contributed by atoms with Crippen LogP contribution < -0.4 is 10.1 Å². The van der Waals surface area contributed by atoms with E-state index in [9.17, 15) is 4.79 Å². The zero-order valence-electron chi connectivity index (χ0n) is 20.9. The second-order valence-electron chi connectivity index (χ2n) is 9.68. The third-order valence-electron chi connectivity index (χ3n) is 5.78. The molecule has 2 aromatic carbocycles. The highest BCUT2D eigenvalue weighted by atomic mass is 16.5. The molecule has 3 aromatic heterocycles. The summed E-state index contributed by atoms with van der Waals surface area (Å²) in [5, 5.41) is 10.9. The molecule has 0 radical (unpaired) electrons. The fourth-order valence-electron chi connectivity index (χ4n) is 3.78. The van der Waals surface area contributed by atoms with Crippen LogP contribution in [0.5, 0.6) is 11.6 Å². The van der Waals surface area contributed by atoms with E-state index in [0.717, 1.165) is 27.9 Å². The summed E-state index contributed by atoms with van der Waals surface area (Å²) in [5.74, 6) is 1.49. The Morgan fingerprint density at radius 2 is 1.84 bits per heavy atom. The van der Waals surface area contributed by atoms with Gasteiger partial charge in [-0.05, 0) is 29.8 Å². The number of hydrogen-bond donors (Lipinski definition) is 2. The molecule has 0 fully saturated rings. The lowest BCUT2D eigenvalue weighted by Crippen LogP contribution is -2.18. The SMILES string of the molecule is CC(C)(C)c1cc(NC(=O)n2ccc3cc(Oc4cc(COCc5ccccc5)ncn4)ccc32)n[nH]1. The van der Waals surface area contributed by atoms with Crippen molar-refractivity contribution < 1.29 is 14.3 Å². The molecule has 0 atom stereocenters. The normalized spacial score (nSPS) is 11.5. The second kappa shape index (κ2) is 10.2. The Kier molecular flexibility index (Phi) is 6.70. The van der Waals surface area contributed by atoms with Crippen LogP contribution in [0, 0.1) is 0 Å². The number of aromatic nitrogens is 5. The summed E-state index contributed by atoms with van der Waals surface area (Å²) in [5.41, 5.74) is 3.41. The quantitative estimate of drug-likeness (QED) is 0.284. The van der Waals surface area contributed by atoms with Gasteiger partial charge in [-0.1, -0.05) is 51.1 Å². The number of carbonyl (C=O) groups excluding carboxylic acids is 1. The largest absolute Gasteiger partial charge is 0.439 e. The van der Waals surface area contributed by atoms with Gasteiger partial charge in [0.2, 0.25) is 5.88 Å². The zero-order valence-corrected chi connectivity index (χ0v) is 20.9. The third-order valence-corrected chi connectivity index (χ3v) is 5.78. The molecule has 0 aliphatic heterocycles. The van der Waals surface area contributed by atoms with Crippen molar-refractivity contribution in [1.82, 2.24) is 24.7 Å².